The molecule has 1 unspecified atom stereocenters. The molecule has 1 aromatic carbocycles. The number of amides is 1. The minimum Gasteiger partial charge on any atom is -0.398 e. The molecule has 1 fully saturated rings. The molecule has 21 heavy (non-hydrogen) atoms. The molecular weight excluding hydrogens is 332 g/mol. The third kappa shape index (κ3) is 3.46. The largest absolute Gasteiger partial charge is 0.398 e. The van der Waals surface area contributed by atoms with Crippen LogP contribution in [0.25, 0.3) is 0 Å². The highest BCUT2D eigenvalue weighted by atomic mass is 35.5. The summed E-state index contributed by atoms with van der Waals surface area (Å²) >= 11 is 7.39. The number of carbonyl (C=O) groups is 1. The van der Waals surface area contributed by atoms with Gasteiger partial charge in [0.1, 0.15) is 5.37 Å². The molecule has 0 bridgehead atoms. The van der Waals surface area contributed by atoms with Gasteiger partial charge in [0.25, 0.3) is 5.91 Å². The summed E-state index contributed by atoms with van der Waals surface area (Å²) in [5.74, 6) is 0.834. The number of nitrogen functional groups attached to an aromatic ring is 1. The highest BCUT2D eigenvalue weighted by Gasteiger charge is 2.36. The van der Waals surface area contributed by atoms with E-state index in [0.717, 1.165) is 5.75 Å². The zero-order chi connectivity index (χ0) is 15.6. The Balaban J connectivity index is 2.33. The lowest BCUT2D eigenvalue weighted by Gasteiger charge is -2.34. The first kappa shape index (κ1) is 16.5. The number of hydrogen-bond donors (Lipinski definition) is 1. The van der Waals surface area contributed by atoms with Gasteiger partial charge in [-0.15, -0.1) is 0 Å². The van der Waals surface area contributed by atoms with Crippen molar-refractivity contribution in [3.05, 3.63) is 28.8 Å². The average Bonchev–Trinajstić information content (AvgIpc) is 2.49. The Labute approximate surface area is 133 Å². The summed E-state index contributed by atoms with van der Waals surface area (Å²) in [6.45, 7) is 2.01. The van der Waals surface area contributed by atoms with Gasteiger partial charge in [0.2, 0.25) is 0 Å². The Morgan fingerprint density at radius 3 is 2.86 bits per heavy atom. The van der Waals surface area contributed by atoms with E-state index in [9.17, 15) is 13.2 Å². The molecule has 5 nitrogen and oxygen atoms in total. The third-order valence-corrected chi connectivity index (χ3v) is 7.04. The van der Waals surface area contributed by atoms with Crippen molar-refractivity contribution >= 4 is 44.8 Å². The fourth-order valence-corrected chi connectivity index (χ4v) is 5.23. The van der Waals surface area contributed by atoms with E-state index >= 15 is 0 Å². The molecule has 1 saturated heterocycles. The minimum absolute atomic E-state index is 0.0186. The van der Waals surface area contributed by atoms with E-state index in [1.165, 1.54) is 11.0 Å². The van der Waals surface area contributed by atoms with Crippen LogP contribution in [0.15, 0.2) is 18.2 Å². The number of halogens is 1. The second-order valence-corrected chi connectivity index (χ2v) is 8.72. The lowest BCUT2D eigenvalue weighted by Crippen LogP contribution is -2.50. The van der Waals surface area contributed by atoms with Crippen LogP contribution in [-0.4, -0.2) is 48.4 Å². The summed E-state index contributed by atoms with van der Waals surface area (Å²) < 4.78 is 24.3. The van der Waals surface area contributed by atoms with Crippen LogP contribution in [0.3, 0.4) is 0 Å². The Kier molecular flexibility index (Phi) is 5.06. The van der Waals surface area contributed by atoms with Crippen molar-refractivity contribution in [2.45, 2.75) is 12.3 Å². The van der Waals surface area contributed by atoms with Crippen molar-refractivity contribution < 1.29 is 13.2 Å². The molecule has 116 valence electrons. The number of thioether (sulfide) groups is 1. The molecule has 1 aromatic rings. The van der Waals surface area contributed by atoms with Gasteiger partial charge in [0.05, 0.1) is 10.7 Å². The number of anilines is 1. The molecule has 1 aliphatic rings. The van der Waals surface area contributed by atoms with Crippen LogP contribution >= 0.6 is 23.4 Å². The van der Waals surface area contributed by atoms with E-state index in [2.05, 4.69) is 0 Å². The summed E-state index contributed by atoms with van der Waals surface area (Å²) in [7, 11) is -3.31. The van der Waals surface area contributed by atoms with E-state index in [1.807, 2.05) is 0 Å². The highest BCUT2D eigenvalue weighted by Crippen LogP contribution is 2.25. The summed E-state index contributed by atoms with van der Waals surface area (Å²) in [5.41, 5.74) is 6.38. The van der Waals surface area contributed by atoms with Crippen molar-refractivity contribution in [2.24, 2.45) is 0 Å². The van der Waals surface area contributed by atoms with Crippen molar-refractivity contribution in [3.63, 3.8) is 0 Å². The molecule has 1 heterocycles. The number of sulfone groups is 1. The summed E-state index contributed by atoms with van der Waals surface area (Å²) in [5, 5.41) is -0.399. The van der Waals surface area contributed by atoms with Crippen molar-refractivity contribution in [2.75, 3.05) is 29.5 Å². The molecule has 2 N–H and O–H groups in total. The smallest absolute Gasteiger partial charge is 0.255 e. The molecule has 8 heteroatoms. The molecule has 1 atom stereocenters. The van der Waals surface area contributed by atoms with Crippen LogP contribution in [0.4, 0.5) is 5.69 Å². The van der Waals surface area contributed by atoms with Gasteiger partial charge >= 0.3 is 0 Å². The van der Waals surface area contributed by atoms with Gasteiger partial charge in [0, 0.05) is 29.4 Å². The van der Waals surface area contributed by atoms with Crippen molar-refractivity contribution in [1.82, 2.24) is 4.90 Å². The predicted molar refractivity (Wildman–Crippen MR) is 87.5 cm³/mol. The van der Waals surface area contributed by atoms with Gasteiger partial charge in [-0.2, -0.15) is 11.8 Å². The van der Waals surface area contributed by atoms with Gasteiger partial charge in [-0.25, -0.2) is 8.42 Å². The average molecular weight is 349 g/mol. The Hall–Kier alpha value is -0.920. The number of nitrogens with zero attached hydrogens (tertiary/aromatic N) is 1. The maximum Gasteiger partial charge on any atom is 0.255 e. The lowest BCUT2D eigenvalue weighted by atomic mass is 10.1. The first-order valence-corrected chi connectivity index (χ1v) is 9.77. The van der Waals surface area contributed by atoms with Crippen molar-refractivity contribution in [1.29, 1.82) is 0 Å². The molecule has 0 spiro atoms. The van der Waals surface area contributed by atoms with Crippen LogP contribution < -0.4 is 5.73 Å². The SMILES string of the molecule is CCS(=O)(=O)C1CSCCN1C(=O)c1ccc(Cl)c(N)c1. The van der Waals surface area contributed by atoms with Gasteiger partial charge in [-0.3, -0.25) is 4.79 Å². The van der Waals surface area contributed by atoms with Crippen LogP contribution in [0.1, 0.15) is 17.3 Å². The molecular formula is C13H17ClN2O3S2. The van der Waals surface area contributed by atoms with Crippen molar-refractivity contribution in [3.8, 4) is 0 Å². The van der Waals surface area contributed by atoms with E-state index < -0.39 is 15.2 Å². The number of hydrogen-bond acceptors (Lipinski definition) is 5. The van der Waals surface area contributed by atoms with Crippen LogP contribution in [0.5, 0.6) is 0 Å². The van der Waals surface area contributed by atoms with Crippen LogP contribution in [-0.2, 0) is 9.84 Å². The fraction of sp³-hybridized carbons (Fsp3) is 0.462. The molecule has 2 rings (SSSR count). The van der Waals surface area contributed by atoms with Crippen LogP contribution in [0.2, 0.25) is 5.02 Å². The Morgan fingerprint density at radius 2 is 2.24 bits per heavy atom. The Morgan fingerprint density at radius 1 is 1.52 bits per heavy atom. The van der Waals surface area contributed by atoms with E-state index in [0.29, 0.717) is 28.6 Å². The monoisotopic (exact) mass is 348 g/mol. The maximum atomic E-state index is 12.6. The number of rotatable bonds is 3. The predicted octanol–water partition coefficient (Wildman–Crippen LogP) is 1.87. The first-order chi connectivity index (χ1) is 9.86. The second-order valence-electron chi connectivity index (χ2n) is 4.72. The second kappa shape index (κ2) is 6.46. The topological polar surface area (TPSA) is 80.5 Å². The van der Waals surface area contributed by atoms with Crippen LogP contribution in [0, 0.1) is 0 Å². The summed E-state index contributed by atoms with van der Waals surface area (Å²) in [6, 6.07) is 4.60. The van der Waals surface area contributed by atoms with Gasteiger partial charge < -0.3 is 10.6 Å². The fourth-order valence-electron chi connectivity index (χ4n) is 2.15. The molecule has 0 radical (unpaired) electrons. The van der Waals surface area contributed by atoms with Gasteiger partial charge in [-0.05, 0) is 18.2 Å². The van der Waals surface area contributed by atoms with E-state index in [1.54, 1.807) is 30.8 Å². The third-order valence-electron chi connectivity index (χ3n) is 3.41. The molecule has 0 saturated carbocycles. The van der Waals surface area contributed by atoms with E-state index in [-0.39, 0.29) is 11.7 Å². The van der Waals surface area contributed by atoms with Gasteiger partial charge in [0.15, 0.2) is 9.84 Å². The zero-order valence-electron chi connectivity index (χ0n) is 11.6. The quantitative estimate of drug-likeness (QED) is 0.843. The number of carbonyl (C=O) groups excluding carboxylic acids is 1. The Bertz CT molecular complexity index is 649. The number of nitrogens with two attached hydrogens (primary N) is 1. The minimum atomic E-state index is -3.31. The first-order valence-electron chi connectivity index (χ1n) is 6.52. The zero-order valence-corrected chi connectivity index (χ0v) is 14.0. The maximum absolute atomic E-state index is 12.6. The number of benzene rings is 1. The molecule has 1 amide bonds. The molecule has 0 aliphatic carbocycles. The molecule has 0 aromatic heterocycles. The van der Waals surface area contributed by atoms with Gasteiger partial charge in [-0.1, -0.05) is 18.5 Å². The summed E-state index contributed by atoms with van der Waals surface area (Å²) in [6.07, 6.45) is 0. The molecule has 1 aliphatic heterocycles. The standard InChI is InChI=1S/C13H17ClN2O3S2/c1-2-21(18,19)12-8-20-6-5-16(12)13(17)9-3-4-10(14)11(15)7-9/h3-4,7,12H,2,5-6,8,15H2,1H3. The normalized spacial score (nSPS) is 19.5. The lowest BCUT2D eigenvalue weighted by molar-refractivity contribution is 0.0749. The van der Waals surface area contributed by atoms with E-state index in [4.69, 9.17) is 17.3 Å². The highest BCUT2D eigenvalue weighted by molar-refractivity contribution is 8.01. The summed E-state index contributed by atoms with van der Waals surface area (Å²) in [4.78, 5) is 14.0.